The van der Waals surface area contributed by atoms with Gasteiger partial charge in [0, 0.05) is 0 Å². The predicted octanol–water partition coefficient (Wildman–Crippen LogP) is 16.0. The third-order valence-corrected chi connectivity index (χ3v) is 10.8. The minimum atomic E-state index is -0.238. The lowest BCUT2D eigenvalue weighted by molar-refractivity contribution is 0.129. The third-order valence-electron chi connectivity index (χ3n) is 10.8. The van der Waals surface area contributed by atoms with Gasteiger partial charge in [0.15, 0.2) is 11.5 Å². The summed E-state index contributed by atoms with van der Waals surface area (Å²) in [6, 6.07) is 35.2. The second-order valence-corrected chi connectivity index (χ2v) is 15.5. The molecule has 0 saturated carbocycles. The van der Waals surface area contributed by atoms with Gasteiger partial charge in [-0.15, -0.1) is 0 Å². The summed E-state index contributed by atoms with van der Waals surface area (Å²) in [5.41, 5.74) is 3.37. The van der Waals surface area contributed by atoms with Crippen molar-refractivity contribution in [3.63, 3.8) is 0 Å². The maximum atomic E-state index is 11.7. The molecule has 0 aliphatic heterocycles. The van der Waals surface area contributed by atoms with Crippen molar-refractivity contribution < 1.29 is 19.3 Å². The molecule has 4 nitrogen and oxygen atoms in total. The second kappa shape index (κ2) is 26.8. The Morgan fingerprint density at radius 2 is 0.691 bits per heavy atom. The van der Waals surface area contributed by atoms with Crippen molar-refractivity contribution in [2.45, 2.75) is 174 Å². The molecular weight excluding hydrogens is 677 g/mol. The zero-order chi connectivity index (χ0) is 38.8. The summed E-state index contributed by atoms with van der Waals surface area (Å²) in [6.07, 6.45) is 23.8. The number of ether oxygens (including phenoxy) is 3. The molecule has 0 heterocycles. The third kappa shape index (κ3) is 16.0. The highest BCUT2D eigenvalue weighted by molar-refractivity contribution is 5.59. The highest BCUT2D eigenvalue weighted by Gasteiger charge is 2.27. The van der Waals surface area contributed by atoms with E-state index in [0.717, 1.165) is 61.6 Å². The maximum Gasteiger partial charge on any atom is 0.208 e. The molecule has 1 N–H and O–H groups in total. The molecule has 0 aliphatic carbocycles. The Hall–Kier alpha value is -3.92. The lowest BCUT2D eigenvalue weighted by Crippen LogP contribution is -2.14. The van der Waals surface area contributed by atoms with Gasteiger partial charge in [-0.1, -0.05) is 208 Å². The topological polar surface area (TPSA) is 47.9 Å². The number of hydrogen-bond donors (Lipinski definition) is 1. The Bertz CT molecular complexity index is 1520. The van der Waals surface area contributed by atoms with Crippen LogP contribution in [0.3, 0.4) is 0 Å². The van der Waals surface area contributed by atoms with Crippen molar-refractivity contribution in [2.24, 2.45) is 0 Å². The first-order chi connectivity index (χ1) is 27.1. The lowest BCUT2D eigenvalue weighted by Gasteiger charge is -2.28. The monoisotopic (exact) mass is 749 g/mol. The van der Waals surface area contributed by atoms with Gasteiger partial charge < -0.3 is 19.3 Å². The van der Waals surface area contributed by atoms with E-state index in [1.165, 1.54) is 89.9 Å². The number of hydrogen-bond acceptors (Lipinski definition) is 4. The molecule has 0 radical (unpaired) electrons. The SMILES string of the molecule is CCCCCCCCC(Oc1ccc(O)c(OC(CCCCCCCC)c2ccccc2)c1OC(CCCCCCCC)c1ccccc1)c1ccccc1. The molecule has 0 spiro atoms. The van der Waals surface area contributed by atoms with Crippen molar-refractivity contribution in [3.05, 3.63) is 120 Å². The van der Waals surface area contributed by atoms with Crippen molar-refractivity contribution in [1.29, 1.82) is 0 Å². The standard InChI is InChI=1S/C51H72O4/c1-4-7-10-13-16-28-37-46(42-31-22-19-23-32-42)53-49-41-40-45(52)50(54-47(43-33-24-20-25-34-43)38-29-17-14-11-8-5-2)51(49)55-48(44-35-26-21-27-36-44)39-30-18-15-12-9-6-3/h19-27,31-36,40-41,46-48,52H,4-18,28-30,37-39H2,1-3H3. The van der Waals surface area contributed by atoms with Gasteiger partial charge in [-0.2, -0.15) is 0 Å². The van der Waals surface area contributed by atoms with Crippen LogP contribution < -0.4 is 14.2 Å². The lowest BCUT2D eigenvalue weighted by atomic mass is 10.0. The fourth-order valence-corrected chi connectivity index (χ4v) is 7.50. The molecule has 0 saturated heterocycles. The van der Waals surface area contributed by atoms with E-state index >= 15 is 0 Å². The number of rotatable bonds is 30. The van der Waals surface area contributed by atoms with Crippen LogP contribution in [0.1, 0.15) is 191 Å². The van der Waals surface area contributed by atoms with Gasteiger partial charge in [-0.3, -0.25) is 0 Å². The molecular formula is C51H72O4. The molecule has 4 aromatic rings. The van der Waals surface area contributed by atoms with E-state index in [1.807, 2.05) is 12.1 Å². The second-order valence-electron chi connectivity index (χ2n) is 15.5. The number of unbranched alkanes of at least 4 members (excludes halogenated alkanes) is 15. The summed E-state index contributed by atoms with van der Waals surface area (Å²) < 4.78 is 21.2. The molecule has 0 amide bonds. The average molecular weight is 749 g/mol. The Balaban J connectivity index is 1.71. The van der Waals surface area contributed by atoms with E-state index in [-0.39, 0.29) is 24.1 Å². The number of phenolic OH excluding ortho intramolecular Hbond substituents is 1. The summed E-state index contributed by atoms with van der Waals surface area (Å²) in [5, 5.41) is 11.7. The minimum Gasteiger partial charge on any atom is -0.504 e. The van der Waals surface area contributed by atoms with E-state index in [1.54, 1.807) is 6.07 Å². The maximum absolute atomic E-state index is 11.7. The van der Waals surface area contributed by atoms with Gasteiger partial charge in [0.2, 0.25) is 11.5 Å². The zero-order valence-corrected chi connectivity index (χ0v) is 34.6. The molecule has 3 atom stereocenters. The van der Waals surface area contributed by atoms with Crippen LogP contribution in [0.5, 0.6) is 23.0 Å². The van der Waals surface area contributed by atoms with Crippen molar-refractivity contribution in [1.82, 2.24) is 0 Å². The fourth-order valence-electron chi connectivity index (χ4n) is 7.50. The van der Waals surface area contributed by atoms with Crippen LogP contribution in [0.25, 0.3) is 0 Å². The van der Waals surface area contributed by atoms with Gasteiger partial charge in [0.25, 0.3) is 0 Å². The zero-order valence-electron chi connectivity index (χ0n) is 34.6. The fraction of sp³-hybridized carbons (Fsp3) is 0.529. The Labute approximate surface area is 335 Å². The van der Waals surface area contributed by atoms with E-state index in [2.05, 4.69) is 106 Å². The highest BCUT2D eigenvalue weighted by atomic mass is 16.6. The predicted molar refractivity (Wildman–Crippen MR) is 232 cm³/mol. The van der Waals surface area contributed by atoms with Gasteiger partial charge >= 0.3 is 0 Å². The van der Waals surface area contributed by atoms with Crippen LogP contribution in [0.4, 0.5) is 0 Å². The van der Waals surface area contributed by atoms with Crippen LogP contribution in [0.2, 0.25) is 0 Å². The van der Waals surface area contributed by atoms with Crippen LogP contribution in [-0.2, 0) is 0 Å². The van der Waals surface area contributed by atoms with Crippen molar-refractivity contribution in [2.75, 3.05) is 0 Å². The molecule has 4 heteroatoms. The van der Waals surface area contributed by atoms with Gasteiger partial charge in [-0.05, 0) is 67.3 Å². The molecule has 55 heavy (non-hydrogen) atoms. The smallest absolute Gasteiger partial charge is 0.208 e. The van der Waals surface area contributed by atoms with Crippen molar-refractivity contribution >= 4 is 0 Å². The summed E-state index contributed by atoms with van der Waals surface area (Å²) in [4.78, 5) is 0. The summed E-state index contributed by atoms with van der Waals surface area (Å²) in [5.74, 6) is 1.55. The minimum absolute atomic E-state index is 0.0739. The molecule has 0 fully saturated rings. The van der Waals surface area contributed by atoms with Crippen LogP contribution in [0.15, 0.2) is 103 Å². The Kier molecular flexibility index (Phi) is 21.4. The van der Waals surface area contributed by atoms with Gasteiger partial charge in [0.1, 0.15) is 18.3 Å². The number of aromatic hydroxyl groups is 1. The van der Waals surface area contributed by atoms with Crippen LogP contribution in [0, 0.1) is 0 Å². The van der Waals surface area contributed by atoms with E-state index in [9.17, 15) is 5.11 Å². The van der Waals surface area contributed by atoms with E-state index in [4.69, 9.17) is 14.2 Å². The first-order valence-electron chi connectivity index (χ1n) is 22.1. The summed E-state index contributed by atoms with van der Waals surface area (Å²) in [6.45, 7) is 6.79. The Morgan fingerprint density at radius 1 is 0.364 bits per heavy atom. The molecule has 3 unspecified atom stereocenters. The molecule has 0 aliphatic rings. The first kappa shape index (κ1) is 43.8. The first-order valence-corrected chi connectivity index (χ1v) is 22.1. The summed E-state index contributed by atoms with van der Waals surface area (Å²) >= 11 is 0. The molecule has 4 aromatic carbocycles. The molecule has 0 aromatic heterocycles. The van der Waals surface area contributed by atoms with E-state index < -0.39 is 0 Å². The normalized spacial score (nSPS) is 12.9. The van der Waals surface area contributed by atoms with Gasteiger partial charge in [-0.25, -0.2) is 0 Å². The largest absolute Gasteiger partial charge is 0.504 e. The quantitative estimate of drug-likeness (QED) is 0.0540. The van der Waals surface area contributed by atoms with Crippen LogP contribution in [-0.4, -0.2) is 5.11 Å². The average Bonchev–Trinajstić information content (AvgIpc) is 3.22. The molecule has 0 bridgehead atoms. The number of benzene rings is 4. The van der Waals surface area contributed by atoms with E-state index in [0.29, 0.717) is 17.2 Å². The highest BCUT2D eigenvalue weighted by Crippen LogP contribution is 2.50. The van der Waals surface area contributed by atoms with Crippen molar-refractivity contribution in [3.8, 4) is 23.0 Å². The number of phenols is 1. The van der Waals surface area contributed by atoms with Gasteiger partial charge in [0.05, 0.1) is 0 Å². The molecule has 300 valence electrons. The molecule has 4 rings (SSSR count). The van der Waals surface area contributed by atoms with Crippen LogP contribution >= 0.6 is 0 Å². The Morgan fingerprint density at radius 3 is 1.07 bits per heavy atom. The summed E-state index contributed by atoms with van der Waals surface area (Å²) in [7, 11) is 0.